The second-order valence-electron chi connectivity index (χ2n) is 9.93. The topological polar surface area (TPSA) is 45.7 Å². The number of likely N-dealkylation sites (tertiary alicyclic amines) is 2. The van der Waals surface area contributed by atoms with Gasteiger partial charge in [0.05, 0.1) is 0 Å². The fourth-order valence-electron chi connectivity index (χ4n) is 5.48. The summed E-state index contributed by atoms with van der Waals surface area (Å²) < 4.78 is 6.28. The third-order valence-corrected chi connectivity index (χ3v) is 7.12. The van der Waals surface area contributed by atoms with E-state index in [1.807, 2.05) is 17.0 Å². The third-order valence-electron chi connectivity index (χ3n) is 7.12. The van der Waals surface area contributed by atoms with E-state index in [9.17, 15) is 4.79 Å². The van der Waals surface area contributed by atoms with Gasteiger partial charge in [-0.1, -0.05) is 18.2 Å². The van der Waals surface area contributed by atoms with Crippen molar-refractivity contribution in [2.24, 2.45) is 5.41 Å². The normalized spacial score (nSPS) is 22.1. The lowest BCUT2D eigenvalue weighted by atomic mass is 9.77. The van der Waals surface area contributed by atoms with Crippen LogP contribution in [0.15, 0.2) is 42.7 Å². The first-order valence-corrected chi connectivity index (χ1v) is 11.1. The lowest BCUT2D eigenvalue weighted by molar-refractivity contribution is 0.0587. The van der Waals surface area contributed by atoms with Crippen LogP contribution in [0.1, 0.15) is 54.6 Å². The number of fused-ring (bicyclic) bond motifs is 1. The van der Waals surface area contributed by atoms with Crippen LogP contribution in [0.5, 0.6) is 5.75 Å². The maximum atomic E-state index is 12.7. The molecule has 0 aliphatic carbocycles. The maximum Gasteiger partial charge on any atom is 0.253 e. The van der Waals surface area contributed by atoms with Crippen molar-refractivity contribution >= 4 is 5.91 Å². The minimum Gasteiger partial charge on any atom is -0.487 e. The summed E-state index contributed by atoms with van der Waals surface area (Å²) in [6.07, 6.45) is 7.79. The maximum absolute atomic E-state index is 12.7. The highest BCUT2D eigenvalue weighted by molar-refractivity contribution is 5.94. The van der Waals surface area contributed by atoms with Crippen LogP contribution in [0.25, 0.3) is 0 Å². The molecule has 0 saturated carbocycles. The first-order valence-electron chi connectivity index (χ1n) is 11.1. The molecule has 0 radical (unpaired) electrons. The highest BCUT2D eigenvalue weighted by atomic mass is 16.5. The first kappa shape index (κ1) is 19.6. The second kappa shape index (κ2) is 7.38. The van der Waals surface area contributed by atoms with E-state index in [0.29, 0.717) is 5.41 Å². The van der Waals surface area contributed by atoms with Crippen molar-refractivity contribution in [1.82, 2.24) is 14.8 Å². The van der Waals surface area contributed by atoms with E-state index < -0.39 is 0 Å². The lowest BCUT2D eigenvalue weighted by Gasteiger charge is -2.39. The fourth-order valence-corrected chi connectivity index (χ4v) is 5.48. The summed E-state index contributed by atoms with van der Waals surface area (Å²) in [7, 11) is 0. The molecular weight excluding hydrogens is 374 g/mol. The molecule has 0 unspecified atom stereocenters. The zero-order chi connectivity index (χ0) is 20.8. The molecule has 5 heteroatoms. The Bertz CT molecular complexity index is 933. The Morgan fingerprint density at radius 2 is 1.80 bits per heavy atom. The van der Waals surface area contributed by atoms with Gasteiger partial charge in [0.1, 0.15) is 11.4 Å². The van der Waals surface area contributed by atoms with Gasteiger partial charge in [-0.25, -0.2) is 0 Å². The van der Waals surface area contributed by atoms with Crippen molar-refractivity contribution in [1.29, 1.82) is 0 Å². The molecule has 0 atom stereocenters. The number of carbonyl (C=O) groups excluding carboxylic acids is 1. The summed E-state index contributed by atoms with van der Waals surface area (Å²) in [5.41, 5.74) is 3.66. The Labute approximate surface area is 179 Å². The monoisotopic (exact) mass is 405 g/mol. The van der Waals surface area contributed by atoms with Crippen LogP contribution in [-0.2, 0) is 13.0 Å². The van der Waals surface area contributed by atoms with Crippen molar-refractivity contribution in [3.05, 3.63) is 59.4 Å². The molecule has 1 aromatic carbocycles. The summed E-state index contributed by atoms with van der Waals surface area (Å²) in [6.45, 7) is 9.26. The number of rotatable bonds is 3. The number of piperidine rings is 1. The van der Waals surface area contributed by atoms with Crippen LogP contribution in [0.2, 0.25) is 0 Å². The molecule has 158 valence electrons. The van der Waals surface area contributed by atoms with E-state index in [4.69, 9.17) is 4.74 Å². The van der Waals surface area contributed by atoms with Crippen molar-refractivity contribution in [3.63, 3.8) is 0 Å². The Balaban J connectivity index is 1.21. The predicted molar refractivity (Wildman–Crippen MR) is 117 cm³/mol. The summed E-state index contributed by atoms with van der Waals surface area (Å²) >= 11 is 0. The molecule has 0 N–H and O–H groups in total. The van der Waals surface area contributed by atoms with Gasteiger partial charge in [0, 0.05) is 56.1 Å². The molecule has 2 saturated heterocycles. The first-order chi connectivity index (χ1) is 14.4. The van der Waals surface area contributed by atoms with Gasteiger partial charge < -0.3 is 9.64 Å². The average molecular weight is 406 g/mol. The van der Waals surface area contributed by atoms with E-state index in [1.165, 1.54) is 17.5 Å². The van der Waals surface area contributed by atoms with Crippen LogP contribution in [0, 0.1) is 5.41 Å². The highest BCUT2D eigenvalue weighted by Crippen LogP contribution is 2.43. The van der Waals surface area contributed by atoms with E-state index in [1.54, 1.807) is 12.4 Å². The molecule has 2 aromatic rings. The SMILES string of the molecule is CC1(C)Cc2cccc(CN3CCC4(CCN(C(=O)c5ccncc5)CC4)C3)c2O1. The van der Waals surface area contributed by atoms with Gasteiger partial charge in [-0.05, 0) is 62.8 Å². The van der Waals surface area contributed by atoms with Crippen molar-refractivity contribution in [3.8, 4) is 5.75 Å². The number of amides is 1. The third kappa shape index (κ3) is 3.71. The van der Waals surface area contributed by atoms with E-state index >= 15 is 0 Å². The Morgan fingerprint density at radius 1 is 1.07 bits per heavy atom. The zero-order valence-electron chi connectivity index (χ0n) is 18.1. The number of benzene rings is 1. The molecule has 30 heavy (non-hydrogen) atoms. The van der Waals surface area contributed by atoms with Crippen molar-refractivity contribution in [2.75, 3.05) is 26.2 Å². The van der Waals surface area contributed by atoms with Crippen LogP contribution < -0.4 is 4.74 Å². The molecule has 0 bridgehead atoms. The van der Waals surface area contributed by atoms with Gasteiger partial charge in [0.2, 0.25) is 0 Å². The molecule has 4 heterocycles. The summed E-state index contributed by atoms with van der Waals surface area (Å²) in [6, 6.07) is 10.2. The molecule has 1 aromatic heterocycles. The average Bonchev–Trinajstić information content (AvgIpc) is 3.28. The Kier molecular flexibility index (Phi) is 4.81. The van der Waals surface area contributed by atoms with E-state index in [-0.39, 0.29) is 11.5 Å². The smallest absolute Gasteiger partial charge is 0.253 e. The largest absolute Gasteiger partial charge is 0.487 e. The standard InChI is InChI=1S/C25H31N3O2/c1-24(2)16-20-4-3-5-21(22(20)30-24)17-27-13-8-25(18-27)9-14-28(15-10-25)23(29)19-6-11-26-12-7-19/h3-7,11-12H,8-10,13-18H2,1-2H3. The molecule has 1 spiro atoms. The van der Waals surface area contributed by atoms with Crippen LogP contribution >= 0.6 is 0 Å². The number of hydrogen-bond donors (Lipinski definition) is 0. The number of pyridine rings is 1. The fraction of sp³-hybridized carbons (Fsp3) is 0.520. The molecule has 3 aliphatic heterocycles. The van der Waals surface area contributed by atoms with Crippen LogP contribution in [0.3, 0.4) is 0 Å². The van der Waals surface area contributed by atoms with Crippen LogP contribution in [-0.4, -0.2) is 52.5 Å². The number of aromatic nitrogens is 1. The van der Waals surface area contributed by atoms with Crippen LogP contribution in [0.4, 0.5) is 0 Å². The molecule has 1 amide bonds. The molecular formula is C25H31N3O2. The van der Waals surface area contributed by atoms with Gasteiger partial charge >= 0.3 is 0 Å². The quantitative estimate of drug-likeness (QED) is 0.776. The Morgan fingerprint density at radius 3 is 2.57 bits per heavy atom. The molecule has 5 nitrogen and oxygen atoms in total. The molecule has 5 rings (SSSR count). The predicted octanol–water partition coefficient (Wildman–Crippen LogP) is 3.92. The Hall–Kier alpha value is -2.40. The minimum atomic E-state index is -0.0984. The van der Waals surface area contributed by atoms with E-state index in [0.717, 1.165) is 63.3 Å². The summed E-state index contributed by atoms with van der Waals surface area (Å²) in [4.78, 5) is 21.4. The summed E-state index contributed by atoms with van der Waals surface area (Å²) in [5.74, 6) is 1.25. The number of ether oxygens (including phenoxy) is 1. The lowest BCUT2D eigenvalue weighted by Crippen LogP contribution is -2.44. The minimum absolute atomic E-state index is 0.0984. The van der Waals surface area contributed by atoms with Gasteiger partial charge in [0.25, 0.3) is 5.91 Å². The highest BCUT2D eigenvalue weighted by Gasteiger charge is 2.42. The number of nitrogens with zero attached hydrogens (tertiary/aromatic N) is 3. The van der Waals surface area contributed by atoms with E-state index in [2.05, 4.69) is 41.9 Å². The van der Waals surface area contributed by atoms with Crippen molar-refractivity contribution in [2.45, 2.75) is 51.7 Å². The van der Waals surface area contributed by atoms with Crippen molar-refractivity contribution < 1.29 is 9.53 Å². The molecule has 3 aliphatic rings. The number of carbonyl (C=O) groups is 1. The van der Waals surface area contributed by atoms with Gasteiger partial charge in [-0.15, -0.1) is 0 Å². The van der Waals surface area contributed by atoms with Gasteiger partial charge in [0.15, 0.2) is 0 Å². The second-order valence-corrected chi connectivity index (χ2v) is 9.93. The summed E-state index contributed by atoms with van der Waals surface area (Å²) in [5, 5.41) is 0. The molecule has 2 fully saturated rings. The van der Waals surface area contributed by atoms with Gasteiger partial charge in [-0.2, -0.15) is 0 Å². The van der Waals surface area contributed by atoms with Gasteiger partial charge in [-0.3, -0.25) is 14.7 Å². The zero-order valence-corrected chi connectivity index (χ0v) is 18.1. The number of para-hydroxylation sites is 1. The number of hydrogen-bond acceptors (Lipinski definition) is 4.